The molecule has 1 aliphatic heterocycles. The van der Waals surface area contributed by atoms with Gasteiger partial charge in [-0.1, -0.05) is 30.7 Å². The monoisotopic (exact) mass is 410 g/mol. The maximum atomic E-state index is 14.0. The lowest BCUT2D eigenvalue weighted by atomic mass is 9.79. The third-order valence-corrected chi connectivity index (χ3v) is 5.61. The number of hydrogen-bond donors (Lipinski definition) is 2. The number of H-pyrrole nitrogens is 1. The van der Waals surface area contributed by atoms with Crippen molar-refractivity contribution >= 4 is 17.4 Å². The highest BCUT2D eigenvalue weighted by molar-refractivity contribution is 6.30. The zero-order valence-electron chi connectivity index (χ0n) is 16.0. The molecule has 5 nitrogen and oxygen atoms in total. The molecule has 1 aliphatic rings. The molecular formula is C22H20ClFN4O. The molecule has 148 valence electrons. The maximum Gasteiger partial charge on any atom is 0.251 e. The van der Waals surface area contributed by atoms with Crippen molar-refractivity contribution in [2.45, 2.75) is 31.8 Å². The largest absolute Gasteiger partial charge is 0.364 e. The van der Waals surface area contributed by atoms with Gasteiger partial charge in [0, 0.05) is 28.5 Å². The van der Waals surface area contributed by atoms with Crippen LogP contribution in [0.4, 0.5) is 4.39 Å². The summed E-state index contributed by atoms with van der Waals surface area (Å²) >= 11 is 6.09. The molecule has 7 heteroatoms. The third kappa shape index (κ3) is 3.34. The van der Waals surface area contributed by atoms with Crippen LogP contribution in [0.3, 0.4) is 0 Å². The van der Waals surface area contributed by atoms with Crippen LogP contribution < -0.4 is 10.9 Å². The van der Waals surface area contributed by atoms with E-state index in [9.17, 15) is 9.18 Å². The molecule has 0 radical (unpaired) electrons. The maximum absolute atomic E-state index is 14.0. The average Bonchev–Trinajstić information content (AvgIpc) is 3.07. The van der Waals surface area contributed by atoms with Gasteiger partial charge in [-0.05, 0) is 54.8 Å². The molecule has 1 aromatic carbocycles. The molecule has 3 heterocycles. The van der Waals surface area contributed by atoms with Crippen LogP contribution in [-0.4, -0.2) is 21.8 Å². The lowest BCUT2D eigenvalue weighted by molar-refractivity contribution is 0.449. The van der Waals surface area contributed by atoms with Crippen LogP contribution in [-0.2, 0) is 12.0 Å². The van der Waals surface area contributed by atoms with Gasteiger partial charge in [-0.2, -0.15) is 4.39 Å². The highest BCUT2D eigenvalue weighted by atomic mass is 35.5. The number of nitrogens with one attached hydrogen (secondary N) is 2. The first kappa shape index (κ1) is 19.3. The molecule has 2 atom stereocenters. The molecule has 4 rings (SSSR count). The summed E-state index contributed by atoms with van der Waals surface area (Å²) in [6.45, 7) is 3.93. The van der Waals surface area contributed by atoms with Crippen molar-refractivity contribution in [2.75, 3.05) is 0 Å². The number of aliphatic imine (C=N–C) groups is 1. The van der Waals surface area contributed by atoms with Gasteiger partial charge in [-0.15, -0.1) is 0 Å². The fraction of sp³-hybridized carbons (Fsp3) is 0.227. The van der Waals surface area contributed by atoms with Crippen molar-refractivity contribution < 1.29 is 4.39 Å². The van der Waals surface area contributed by atoms with E-state index in [1.807, 2.05) is 32.0 Å². The van der Waals surface area contributed by atoms with Gasteiger partial charge in [0.1, 0.15) is 11.4 Å². The molecule has 0 saturated heterocycles. The first-order chi connectivity index (χ1) is 13.9. The molecule has 2 N–H and O–H groups in total. The second-order valence-corrected chi connectivity index (χ2v) is 7.50. The van der Waals surface area contributed by atoms with Crippen LogP contribution in [0.25, 0.3) is 0 Å². The number of hydrogen-bond acceptors (Lipinski definition) is 4. The fourth-order valence-corrected chi connectivity index (χ4v) is 3.96. The van der Waals surface area contributed by atoms with E-state index in [4.69, 9.17) is 16.6 Å². The van der Waals surface area contributed by atoms with Gasteiger partial charge in [0.25, 0.3) is 5.56 Å². The van der Waals surface area contributed by atoms with Crippen LogP contribution in [0.5, 0.6) is 0 Å². The average molecular weight is 411 g/mol. The number of nitrogens with zero attached hydrogens (tertiary/aromatic N) is 2. The Morgan fingerprint density at radius 2 is 1.93 bits per heavy atom. The van der Waals surface area contributed by atoms with Crippen molar-refractivity contribution in [3.8, 4) is 0 Å². The number of benzene rings is 1. The van der Waals surface area contributed by atoms with E-state index in [2.05, 4.69) is 15.3 Å². The van der Waals surface area contributed by atoms with E-state index < -0.39 is 11.5 Å². The topological polar surface area (TPSA) is 70.1 Å². The zero-order chi connectivity index (χ0) is 20.6. The van der Waals surface area contributed by atoms with E-state index in [0.29, 0.717) is 28.4 Å². The minimum atomic E-state index is -0.869. The molecule has 0 bridgehead atoms. The Hall–Kier alpha value is -2.99. The summed E-state index contributed by atoms with van der Waals surface area (Å²) in [4.78, 5) is 23.4. The lowest BCUT2D eigenvalue weighted by Gasteiger charge is -2.31. The Balaban J connectivity index is 1.93. The predicted molar refractivity (Wildman–Crippen MR) is 112 cm³/mol. The summed E-state index contributed by atoms with van der Waals surface area (Å²) in [5.41, 5.74) is 2.04. The standard InChI is InChI=1S/C22H20ClFN4O/c1-3-14-10-15(12-26-21(14)29)20-27-13(2)22(28-20,16-4-6-18(23)7-5-16)17-8-9-25-19(24)11-17/h4-13H,3H2,1-2H3,(H,26,29)(H,27,28)/t13-,22-/m0/s1. The van der Waals surface area contributed by atoms with Crippen molar-refractivity contribution in [1.82, 2.24) is 15.3 Å². The summed E-state index contributed by atoms with van der Waals surface area (Å²) in [5.74, 6) is 0.0691. The quantitative estimate of drug-likeness (QED) is 0.642. The highest BCUT2D eigenvalue weighted by Crippen LogP contribution is 2.41. The van der Waals surface area contributed by atoms with E-state index in [-0.39, 0.29) is 11.6 Å². The molecule has 0 aliphatic carbocycles. The van der Waals surface area contributed by atoms with Crippen LogP contribution in [0.15, 0.2) is 64.6 Å². The minimum Gasteiger partial charge on any atom is -0.364 e. The molecule has 3 aromatic rings. The number of aryl methyl sites for hydroxylation is 1. The fourth-order valence-electron chi connectivity index (χ4n) is 3.83. The summed E-state index contributed by atoms with van der Waals surface area (Å²) < 4.78 is 14.0. The second kappa shape index (κ2) is 7.44. The second-order valence-electron chi connectivity index (χ2n) is 7.06. The Kier molecular flexibility index (Phi) is 4.96. The third-order valence-electron chi connectivity index (χ3n) is 5.35. The van der Waals surface area contributed by atoms with E-state index in [1.165, 1.54) is 12.3 Å². The van der Waals surface area contributed by atoms with Gasteiger partial charge in [0.2, 0.25) is 5.95 Å². The van der Waals surface area contributed by atoms with E-state index in [1.54, 1.807) is 24.4 Å². The number of pyridine rings is 2. The SMILES string of the molecule is CCc1cc(C2=N[C@@](c3ccc(Cl)cc3)(c3ccnc(F)c3)[C@H](C)N2)c[nH]c1=O. The number of halogens is 2. The molecule has 0 saturated carbocycles. The predicted octanol–water partition coefficient (Wildman–Crippen LogP) is 3.81. The Bertz CT molecular complexity index is 1140. The summed E-state index contributed by atoms with van der Waals surface area (Å²) in [7, 11) is 0. The van der Waals surface area contributed by atoms with E-state index in [0.717, 1.165) is 11.1 Å². The number of aromatic nitrogens is 2. The molecule has 2 aromatic heterocycles. The molecular weight excluding hydrogens is 391 g/mol. The lowest BCUT2D eigenvalue weighted by Crippen LogP contribution is -2.41. The number of amidine groups is 1. The van der Waals surface area contributed by atoms with Crippen LogP contribution in [0.1, 0.15) is 36.1 Å². The molecule has 29 heavy (non-hydrogen) atoms. The van der Waals surface area contributed by atoms with Crippen LogP contribution >= 0.6 is 11.6 Å². The summed E-state index contributed by atoms with van der Waals surface area (Å²) in [6.07, 6.45) is 3.70. The smallest absolute Gasteiger partial charge is 0.251 e. The van der Waals surface area contributed by atoms with Crippen molar-refractivity contribution in [3.63, 3.8) is 0 Å². The Morgan fingerprint density at radius 1 is 1.17 bits per heavy atom. The van der Waals surface area contributed by atoms with Crippen LogP contribution in [0.2, 0.25) is 5.02 Å². The molecule has 0 unspecified atom stereocenters. The van der Waals surface area contributed by atoms with Gasteiger partial charge >= 0.3 is 0 Å². The highest BCUT2D eigenvalue weighted by Gasteiger charge is 2.45. The first-order valence-electron chi connectivity index (χ1n) is 9.40. The number of aromatic amines is 1. The molecule has 0 fully saturated rings. The summed E-state index contributed by atoms with van der Waals surface area (Å²) in [5, 5.41) is 4.03. The molecule has 0 spiro atoms. The van der Waals surface area contributed by atoms with Crippen molar-refractivity contribution in [2.24, 2.45) is 4.99 Å². The normalized spacial score (nSPS) is 21.0. The first-order valence-corrected chi connectivity index (χ1v) is 9.78. The molecule has 0 amide bonds. The van der Waals surface area contributed by atoms with Gasteiger partial charge in [0.05, 0.1) is 6.04 Å². The van der Waals surface area contributed by atoms with E-state index >= 15 is 0 Å². The Labute approximate surface area is 172 Å². The van der Waals surface area contributed by atoms with Gasteiger partial charge < -0.3 is 10.3 Å². The van der Waals surface area contributed by atoms with Gasteiger partial charge in [-0.3, -0.25) is 4.79 Å². The van der Waals surface area contributed by atoms with Crippen molar-refractivity contribution in [1.29, 1.82) is 0 Å². The van der Waals surface area contributed by atoms with Gasteiger partial charge in [-0.25, -0.2) is 9.98 Å². The minimum absolute atomic E-state index is 0.108. The van der Waals surface area contributed by atoms with Crippen molar-refractivity contribution in [3.05, 3.63) is 98.4 Å². The van der Waals surface area contributed by atoms with Gasteiger partial charge in [0.15, 0.2) is 0 Å². The zero-order valence-corrected chi connectivity index (χ0v) is 16.8. The van der Waals surface area contributed by atoms with Crippen LogP contribution in [0, 0.1) is 5.95 Å². The number of rotatable bonds is 4. The summed E-state index contributed by atoms with van der Waals surface area (Å²) in [6, 6.07) is 12.2. The Morgan fingerprint density at radius 3 is 2.62 bits per heavy atom.